The van der Waals surface area contributed by atoms with Crippen molar-refractivity contribution in [2.75, 3.05) is 0 Å². The van der Waals surface area contributed by atoms with E-state index in [9.17, 15) is 0 Å². The average molecular weight is 332 g/mol. The molecule has 0 aliphatic heterocycles. The Hall–Kier alpha value is -1.29. The van der Waals surface area contributed by atoms with Crippen molar-refractivity contribution in [3.05, 3.63) is 70.1 Å². The Balaban J connectivity index is 1.69. The van der Waals surface area contributed by atoms with E-state index in [0.717, 1.165) is 26.4 Å². The van der Waals surface area contributed by atoms with Crippen LogP contribution in [0.3, 0.4) is 0 Å². The van der Waals surface area contributed by atoms with E-state index in [0.29, 0.717) is 0 Å². The van der Waals surface area contributed by atoms with Gasteiger partial charge in [0.25, 0.3) is 0 Å². The van der Waals surface area contributed by atoms with E-state index in [1.165, 1.54) is 11.1 Å². The fraction of sp³-hybridized carbons (Fsp3) is 0.118. The lowest BCUT2D eigenvalue weighted by Crippen LogP contribution is -1.82. The van der Waals surface area contributed by atoms with Gasteiger partial charge in [0.2, 0.25) is 0 Å². The van der Waals surface area contributed by atoms with E-state index in [4.69, 9.17) is 11.6 Å². The molecule has 3 aromatic rings. The monoisotopic (exact) mass is 331 g/mol. The summed E-state index contributed by atoms with van der Waals surface area (Å²) in [5.41, 5.74) is 4.76. The van der Waals surface area contributed by atoms with Crippen LogP contribution in [0.1, 0.15) is 11.1 Å². The summed E-state index contributed by atoms with van der Waals surface area (Å²) in [6, 6.07) is 16.4. The summed E-state index contributed by atoms with van der Waals surface area (Å²) in [6.45, 7) is 2.12. The van der Waals surface area contributed by atoms with E-state index in [1.54, 1.807) is 23.1 Å². The van der Waals surface area contributed by atoms with Gasteiger partial charge in [-0.15, -0.1) is 11.3 Å². The van der Waals surface area contributed by atoms with E-state index in [-0.39, 0.29) is 0 Å². The molecule has 0 unspecified atom stereocenters. The van der Waals surface area contributed by atoms with Crippen LogP contribution in [0.4, 0.5) is 0 Å². The molecule has 21 heavy (non-hydrogen) atoms. The molecule has 106 valence electrons. The van der Waals surface area contributed by atoms with Gasteiger partial charge in [0, 0.05) is 21.7 Å². The molecular weight excluding hydrogens is 318 g/mol. The van der Waals surface area contributed by atoms with E-state index in [2.05, 4.69) is 41.6 Å². The van der Waals surface area contributed by atoms with Crippen LogP contribution in [0.25, 0.3) is 11.3 Å². The van der Waals surface area contributed by atoms with Crippen LogP contribution in [-0.2, 0) is 5.75 Å². The van der Waals surface area contributed by atoms with Gasteiger partial charge >= 0.3 is 0 Å². The smallest absolute Gasteiger partial charge is 0.150 e. The van der Waals surface area contributed by atoms with Gasteiger partial charge in [0.1, 0.15) is 0 Å². The van der Waals surface area contributed by atoms with Gasteiger partial charge < -0.3 is 0 Å². The fourth-order valence-corrected chi connectivity index (χ4v) is 3.93. The summed E-state index contributed by atoms with van der Waals surface area (Å²) < 4.78 is 1.10. The predicted molar refractivity (Wildman–Crippen MR) is 93.3 cm³/mol. The van der Waals surface area contributed by atoms with Crippen molar-refractivity contribution in [1.29, 1.82) is 0 Å². The first kappa shape index (κ1) is 14.6. The molecule has 0 spiro atoms. The minimum Gasteiger partial charge on any atom is -0.230 e. The second-order valence-electron chi connectivity index (χ2n) is 4.78. The molecule has 0 fully saturated rings. The normalized spacial score (nSPS) is 10.8. The summed E-state index contributed by atoms with van der Waals surface area (Å²) in [5.74, 6) is 0.954. The topological polar surface area (TPSA) is 12.9 Å². The van der Waals surface area contributed by atoms with Crippen LogP contribution in [0, 0.1) is 6.92 Å². The number of halogens is 1. The van der Waals surface area contributed by atoms with Crippen molar-refractivity contribution >= 4 is 34.7 Å². The first-order valence-electron chi connectivity index (χ1n) is 6.60. The maximum Gasteiger partial charge on any atom is 0.150 e. The molecule has 0 bridgehead atoms. The molecular formula is C17H14ClNS2. The van der Waals surface area contributed by atoms with Crippen LogP contribution >= 0.6 is 34.7 Å². The van der Waals surface area contributed by atoms with Crippen molar-refractivity contribution in [3.8, 4) is 11.3 Å². The summed E-state index contributed by atoms with van der Waals surface area (Å²) in [4.78, 5) is 4.69. The molecule has 0 atom stereocenters. The summed E-state index contributed by atoms with van der Waals surface area (Å²) in [6.07, 6.45) is 0. The third-order valence-corrected chi connectivity index (χ3v) is 5.41. The summed E-state index contributed by atoms with van der Waals surface area (Å²) in [7, 11) is 0. The molecule has 1 nitrogen and oxygen atoms in total. The minimum absolute atomic E-state index is 0.753. The van der Waals surface area contributed by atoms with Gasteiger partial charge in [-0.05, 0) is 24.6 Å². The third kappa shape index (κ3) is 3.88. The quantitative estimate of drug-likeness (QED) is 0.538. The van der Waals surface area contributed by atoms with Gasteiger partial charge in [-0.3, -0.25) is 0 Å². The zero-order chi connectivity index (χ0) is 14.7. The van der Waals surface area contributed by atoms with Gasteiger partial charge in [0.15, 0.2) is 4.34 Å². The Bertz CT molecular complexity index is 735. The van der Waals surface area contributed by atoms with E-state index >= 15 is 0 Å². The highest BCUT2D eigenvalue weighted by Crippen LogP contribution is 2.30. The van der Waals surface area contributed by atoms with Crippen LogP contribution in [-0.4, -0.2) is 4.98 Å². The number of aryl methyl sites for hydroxylation is 1. The highest BCUT2D eigenvalue weighted by Gasteiger charge is 2.05. The van der Waals surface area contributed by atoms with E-state index in [1.807, 2.05) is 24.3 Å². The number of thiazole rings is 1. The van der Waals surface area contributed by atoms with Gasteiger partial charge in [0.05, 0.1) is 5.69 Å². The number of hydrogen-bond donors (Lipinski definition) is 0. The van der Waals surface area contributed by atoms with E-state index < -0.39 is 0 Å². The molecule has 0 aliphatic carbocycles. The Morgan fingerprint density at radius 1 is 1.14 bits per heavy atom. The molecule has 4 heteroatoms. The molecule has 0 saturated carbocycles. The highest BCUT2D eigenvalue weighted by atomic mass is 35.5. The minimum atomic E-state index is 0.753. The Morgan fingerprint density at radius 2 is 1.95 bits per heavy atom. The molecule has 0 N–H and O–H groups in total. The number of benzene rings is 2. The Labute approximate surface area is 138 Å². The molecule has 1 heterocycles. The Kier molecular flexibility index (Phi) is 4.63. The number of hydrogen-bond acceptors (Lipinski definition) is 3. The lowest BCUT2D eigenvalue weighted by molar-refractivity contribution is 1.24. The van der Waals surface area contributed by atoms with Crippen LogP contribution in [0.15, 0.2) is 58.3 Å². The first-order chi connectivity index (χ1) is 10.2. The molecule has 0 aliphatic rings. The maximum absolute atomic E-state index is 5.91. The third-order valence-electron chi connectivity index (χ3n) is 3.07. The van der Waals surface area contributed by atoms with Crippen LogP contribution in [0.5, 0.6) is 0 Å². The zero-order valence-corrected chi connectivity index (χ0v) is 13.9. The largest absolute Gasteiger partial charge is 0.230 e. The summed E-state index contributed by atoms with van der Waals surface area (Å²) in [5, 5.41) is 2.85. The SMILES string of the molecule is Cc1cccc(CSc2nc(-c3ccc(Cl)cc3)cs2)c1. The second kappa shape index (κ2) is 6.65. The summed E-state index contributed by atoms with van der Waals surface area (Å²) >= 11 is 9.39. The van der Waals surface area contributed by atoms with Crippen molar-refractivity contribution in [2.24, 2.45) is 0 Å². The van der Waals surface area contributed by atoms with Crippen molar-refractivity contribution in [1.82, 2.24) is 4.98 Å². The molecule has 1 aromatic heterocycles. The van der Waals surface area contributed by atoms with Gasteiger partial charge in [-0.25, -0.2) is 4.98 Å². The van der Waals surface area contributed by atoms with Crippen molar-refractivity contribution in [3.63, 3.8) is 0 Å². The molecule has 0 amide bonds. The highest BCUT2D eigenvalue weighted by molar-refractivity contribution is 8.00. The number of thioether (sulfide) groups is 1. The number of rotatable bonds is 4. The molecule has 0 saturated heterocycles. The maximum atomic E-state index is 5.91. The lowest BCUT2D eigenvalue weighted by Gasteiger charge is -2.00. The average Bonchev–Trinajstić information content (AvgIpc) is 2.95. The van der Waals surface area contributed by atoms with Crippen molar-refractivity contribution in [2.45, 2.75) is 17.0 Å². The van der Waals surface area contributed by atoms with Gasteiger partial charge in [-0.2, -0.15) is 0 Å². The molecule has 0 radical (unpaired) electrons. The number of nitrogens with zero attached hydrogens (tertiary/aromatic N) is 1. The van der Waals surface area contributed by atoms with Crippen molar-refractivity contribution < 1.29 is 0 Å². The predicted octanol–water partition coefficient (Wildman–Crippen LogP) is 6.06. The van der Waals surface area contributed by atoms with Crippen LogP contribution < -0.4 is 0 Å². The van der Waals surface area contributed by atoms with Crippen LogP contribution in [0.2, 0.25) is 5.02 Å². The Morgan fingerprint density at radius 3 is 2.71 bits per heavy atom. The zero-order valence-electron chi connectivity index (χ0n) is 11.5. The first-order valence-corrected chi connectivity index (χ1v) is 8.85. The molecule has 3 rings (SSSR count). The van der Waals surface area contributed by atoms with Gasteiger partial charge in [-0.1, -0.05) is 65.3 Å². The second-order valence-corrected chi connectivity index (χ2v) is 7.30. The fourth-order valence-electron chi connectivity index (χ4n) is 2.02. The number of aromatic nitrogens is 1. The molecule has 2 aromatic carbocycles. The lowest BCUT2D eigenvalue weighted by atomic mass is 10.2. The standard InChI is InChI=1S/C17H14ClNS2/c1-12-3-2-4-13(9-12)10-20-17-19-16(11-21-17)14-5-7-15(18)8-6-14/h2-9,11H,10H2,1H3.